The van der Waals surface area contributed by atoms with Crippen LogP contribution in [0.1, 0.15) is 24.3 Å². The van der Waals surface area contributed by atoms with Gasteiger partial charge in [-0.2, -0.15) is 0 Å². The second kappa shape index (κ2) is 7.89. The summed E-state index contributed by atoms with van der Waals surface area (Å²) in [5.74, 6) is 0.0631. The largest absolute Gasteiger partial charge is 0.465 e. The summed E-state index contributed by atoms with van der Waals surface area (Å²) >= 11 is 1.26. The van der Waals surface area contributed by atoms with Gasteiger partial charge in [-0.3, -0.25) is 9.36 Å². The Balaban J connectivity index is 1.94. The maximum atomic E-state index is 13.3. The van der Waals surface area contributed by atoms with Crippen LogP contribution in [-0.4, -0.2) is 17.1 Å². The van der Waals surface area contributed by atoms with Crippen molar-refractivity contribution in [1.29, 1.82) is 0 Å². The first-order chi connectivity index (χ1) is 14.1. The minimum atomic E-state index is -0.622. The molecule has 0 bridgehead atoms. The first-order valence-corrected chi connectivity index (χ1v) is 9.81. The minimum Gasteiger partial charge on any atom is -0.465 e. The molecule has 4 rings (SSSR count). The number of fused-ring (bicyclic) bond motifs is 1. The van der Waals surface area contributed by atoms with Gasteiger partial charge in [0, 0.05) is 6.08 Å². The molecule has 0 spiro atoms. The molecule has 1 aromatic carbocycles. The zero-order valence-corrected chi connectivity index (χ0v) is 16.5. The summed E-state index contributed by atoms with van der Waals surface area (Å²) in [5.41, 5.74) is 1.44. The molecular formula is C22H18N2O4S. The molecule has 1 aliphatic heterocycles. The Labute approximate surface area is 170 Å². The average molecular weight is 406 g/mol. The predicted octanol–water partition coefficient (Wildman–Crippen LogP) is 2.56. The van der Waals surface area contributed by atoms with Gasteiger partial charge in [-0.05, 0) is 24.6 Å². The Morgan fingerprint density at radius 3 is 2.79 bits per heavy atom. The normalized spacial score (nSPS) is 16.3. The number of aromatic nitrogens is 1. The van der Waals surface area contributed by atoms with Crippen molar-refractivity contribution in [3.05, 3.63) is 104 Å². The van der Waals surface area contributed by atoms with E-state index in [0.717, 1.165) is 5.56 Å². The van der Waals surface area contributed by atoms with E-state index in [9.17, 15) is 9.59 Å². The third-order valence-corrected chi connectivity index (χ3v) is 5.49. The molecule has 0 N–H and O–H groups in total. The van der Waals surface area contributed by atoms with E-state index in [0.29, 0.717) is 26.4 Å². The number of furan rings is 1. The van der Waals surface area contributed by atoms with Gasteiger partial charge in [0.15, 0.2) is 4.80 Å². The molecule has 1 atom stereocenters. The average Bonchev–Trinajstić information content (AvgIpc) is 3.34. The third kappa shape index (κ3) is 3.52. The number of carbonyl (C=O) groups excluding carboxylic acids is 1. The molecule has 0 fully saturated rings. The lowest BCUT2D eigenvalue weighted by molar-refractivity contribution is -0.138. The lowest BCUT2D eigenvalue weighted by Crippen LogP contribution is -2.39. The highest BCUT2D eigenvalue weighted by Gasteiger charge is 2.33. The van der Waals surface area contributed by atoms with E-state index < -0.39 is 12.0 Å². The Kier molecular flexibility index (Phi) is 5.14. The van der Waals surface area contributed by atoms with Crippen LogP contribution in [0.25, 0.3) is 6.08 Å². The molecule has 0 unspecified atom stereocenters. The number of nitrogens with zero attached hydrogens (tertiary/aromatic N) is 2. The van der Waals surface area contributed by atoms with Crippen LogP contribution < -0.4 is 14.9 Å². The number of carbonyl (C=O) groups is 1. The molecule has 29 heavy (non-hydrogen) atoms. The van der Waals surface area contributed by atoms with Crippen molar-refractivity contribution in [3.63, 3.8) is 0 Å². The molecule has 3 aromatic rings. The first-order valence-electron chi connectivity index (χ1n) is 8.99. The van der Waals surface area contributed by atoms with Gasteiger partial charge in [0.25, 0.3) is 5.56 Å². The van der Waals surface area contributed by atoms with Gasteiger partial charge in [-0.15, -0.1) is 0 Å². The van der Waals surface area contributed by atoms with Crippen molar-refractivity contribution in [1.82, 2.24) is 4.57 Å². The van der Waals surface area contributed by atoms with Crippen LogP contribution >= 0.6 is 11.3 Å². The fraction of sp³-hybridized carbons (Fsp3) is 0.136. The van der Waals surface area contributed by atoms with Gasteiger partial charge in [-0.1, -0.05) is 54.3 Å². The SMILES string of the molecule is C=CCOC(=O)C1=C(C)N=c2s/c(=C\c3ccco3)c(=O)n2[C@H]1c1ccccc1. The molecule has 2 aromatic heterocycles. The van der Waals surface area contributed by atoms with Crippen LogP contribution in [0.5, 0.6) is 0 Å². The minimum absolute atomic E-state index is 0.0834. The van der Waals surface area contributed by atoms with E-state index in [-0.39, 0.29) is 12.2 Å². The van der Waals surface area contributed by atoms with Gasteiger partial charge in [0.2, 0.25) is 0 Å². The number of hydrogen-bond acceptors (Lipinski definition) is 6. The van der Waals surface area contributed by atoms with E-state index in [4.69, 9.17) is 9.15 Å². The van der Waals surface area contributed by atoms with Crippen molar-refractivity contribution in [2.75, 3.05) is 6.61 Å². The van der Waals surface area contributed by atoms with Crippen molar-refractivity contribution in [2.45, 2.75) is 13.0 Å². The van der Waals surface area contributed by atoms with Crippen LogP contribution in [-0.2, 0) is 9.53 Å². The highest BCUT2D eigenvalue weighted by atomic mass is 32.1. The summed E-state index contributed by atoms with van der Waals surface area (Å²) in [6, 6.07) is 12.3. The number of allylic oxidation sites excluding steroid dienone is 1. The van der Waals surface area contributed by atoms with Gasteiger partial charge in [0.1, 0.15) is 12.4 Å². The standard InChI is InChI=1S/C22H18N2O4S/c1-3-11-28-21(26)18-14(2)23-22-24(19(18)15-8-5-4-6-9-15)20(25)17(29-22)13-16-10-7-12-27-16/h3-10,12-13,19H,1,11H2,2H3/b17-13-/t19-/m0/s1. The summed E-state index contributed by atoms with van der Waals surface area (Å²) in [7, 11) is 0. The highest BCUT2D eigenvalue weighted by molar-refractivity contribution is 7.07. The number of thiazole rings is 1. The topological polar surface area (TPSA) is 73.8 Å². The number of hydrogen-bond donors (Lipinski definition) is 0. The summed E-state index contributed by atoms with van der Waals surface area (Å²) in [6.45, 7) is 5.42. The van der Waals surface area contributed by atoms with Crippen LogP contribution in [0, 0.1) is 0 Å². The fourth-order valence-corrected chi connectivity index (χ4v) is 4.28. The smallest absolute Gasteiger partial charge is 0.338 e. The van der Waals surface area contributed by atoms with Gasteiger partial charge >= 0.3 is 5.97 Å². The van der Waals surface area contributed by atoms with E-state index in [2.05, 4.69) is 11.6 Å². The number of ether oxygens (including phenoxy) is 1. The molecule has 6 nitrogen and oxygen atoms in total. The van der Waals surface area contributed by atoms with Gasteiger partial charge < -0.3 is 9.15 Å². The highest BCUT2D eigenvalue weighted by Crippen LogP contribution is 2.30. The molecule has 0 saturated heterocycles. The van der Waals surface area contributed by atoms with Crippen molar-refractivity contribution < 1.29 is 13.9 Å². The molecule has 1 aliphatic rings. The first kappa shape index (κ1) is 18.9. The molecule has 7 heteroatoms. The maximum Gasteiger partial charge on any atom is 0.338 e. The van der Waals surface area contributed by atoms with Crippen LogP contribution in [0.15, 0.2) is 86.9 Å². The molecular weight excluding hydrogens is 388 g/mol. The number of rotatable bonds is 5. The fourth-order valence-electron chi connectivity index (χ4n) is 3.25. The van der Waals surface area contributed by atoms with Crippen molar-refractivity contribution >= 4 is 23.4 Å². The van der Waals surface area contributed by atoms with Crippen LogP contribution in [0.2, 0.25) is 0 Å². The summed E-state index contributed by atoms with van der Waals surface area (Å²) in [4.78, 5) is 31.1. The molecule has 0 radical (unpaired) electrons. The Morgan fingerprint density at radius 2 is 2.10 bits per heavy atom. The lowest BCUT2D eigenvalue weighted by Gasteiger charge is -2.24. The van der Waals surface area contributed by atoms with E-state index >= 15 is 0 Å². The molecule has 3 heterocycles. The van der Waals surface area contributed by atoms with Gasteiger partial charge in [-0.25, -0.2) is 9.79 Å². The Morgan fingerprint density at radius 1 is 1.31 bits per heavy atom. The summed E-state index contributed by atoms with van der Waals surface area (Å²) in [6.07, 6.45) is 4.73. The van der Waals surface area contributed by atoms with Crippen molar-refractivity contribution in [2.24, 2.45) is 4.99 Å². The molecule has 0 aliphatic carbocycles. The van der Waals surface area contributed by atoms with Crippen LogP contribution in [0.4, 0.5) is 0 Å². The van der Waals surface area contributed by atoms with E-state index in [1.54, 1.807) is 36.0 Å². The second-order valence-corrected chi connectivity index (χ2v) is 7.40. The quantitative estimate of drug-likeness (QED) is 0.482. The Hall–Kier alpha value is -3.45. The summed E-state index contributed by atoms with van der Waals surface area (Å²) < 4.78 is 12.7. The zero-order chi connectivity index (χ0) is 20.4. The van der Waals surface area contributed by atoms with Crippen LogP contribution in [0.3, 0.4) is 0 Å². The third-order valence-electron chi connectivity index (χ3n) is 4.51. The lowest BCUT2D eigenvalue weighted by atomic mass is 9.96. The summed E-state index contributed by atoms with van der Waals surface area (Å²) in [5, 5.41) is 0. The molecule has 0 saturated carbocycles. The monoisotopic (exact) mass is 406 g/mol. The number of esters is 1. The Bertz CT molecular complexity index is 1260. The molecule has 0 amide bonds. The van der Waals surface area contributed by atoms with Gasteiger partial charge in [0.05, 0.1) is 28.1 Å². The second-order valence-electron chi connectivity index (χ2n) is 6.40. The number of benzene rings is 1. The molecule has 146 valence electrons. The van der Waals surface area contributed by atoms with E-state index in [1.807, 2.05) is 30.3 Å². The maximum absolute atomic E-state index is 13.3. The zero-order valence-electron chi connectivity index (χ0n) is 15.7. The van der Waals surface area contributed by atoms with Crippen molar-refractivity contribution in [3.8, 4) is 0 Å². The van der Waals surface area contributed by atoms with E-state index in [1.165, 1.54) is 17.4 Å². The predicted molar refractivity (Wildman–Crippen MR) is 110 cm³/mol.